The second-order valence-corrected chi connectivity index (χ2v) is 5.16. The first-order valence-corrected chi connectivity index (χ1v) is 6.42. The standard InChI is InChI=1S/C12H16F3NS/c1-3-8(2)7-17-9-4-5-11(16)10(6-9)12(13,14)15/h4-6,8H,3,7,16H2,1-2H3. The molecule has 17 heavy (non-hydrogen) atoms. The number of alkyl halides is 3. The lowest BCUT2D eigenvalue weighted by Gasteiger charge is -2.12. The van der Waals surface area contributed by atoms with Crippen molar-refractivity contribution in [2.24, 2.45) is 5.92 Å². The summed E-state index contributed by atoms with van der Waals surface area (Å²) in [4.78, 5) is 0.617. The monoisotopic (exact) mass is 263 g/mol. The summed E-state index contributed by atoms with van der Waals surface area (Å²) in [7, 11) is 0. The van der Waals surface area contributed by atoms with Crippen LogP contribution in [-0.4, -0.2) is 5.75 Å². The molecule has 0 saturated heterocycles. The maximum absolute atomic E-state index is 12.6. The van der Waals surface area contributed by atoms with E-state index in [9.17, 15) is 13.2 Å². The van der Waals surface area contributed by atoms with Crippen molar-refractivity contribution < 1.29 is 13.2 Å². The normalized spacial score (nSPS) is 13.7. The number of rotatable bonds is 4. The van der Waals surface area contributed by atoms with Crippen molar-refractivity contribution in [3.63, 3.8) is 0 Å². The maximum atomic E-state index is 12.6. The van der Waals surface area contributed by atoms with Crippen LogP contribution in [0.5, 0.6) is 0 Å². The Morgan fingerprint density at radius 3 is 2.53 bits per heavy atom. The van der Waals surface area contributed by atoms with Crippen LogP contribution in [0.25, 0.3) is 0 Å². The summed E-state index contributed by atoms with van der Waals surface area (Å²) in [5, 5.41) is 0. The predicted molar refractivity (Wildman–Crippen MR) is 66.0 cm³/mol. The topological polar surface area (TPSA) is 26.0 Å². The molecule has 0 bridgehead atoms. The lowest BCUT2D eigenvalue weighted by Crippen LogP contribution is -2.09. The first kappa shape index (κ1) is 14.2. The highest BCUT2D eigenvalue weighted by Crippen LogP contribution is 2.36. The van der Waals surface area contributed by atoms with Gasteiger partial charge in [0.15, 0.2) is 0 Å². The van der Waals surface area contributed by atoms with Crippen molar-refractivity contribution in [2.75, 3.05) is 11.5 Å². The molecular weight excluding hydrogens is 247 g/mol. The Kier molecular flexibility index (Phi) is 4.74. The molecule has 1 nitrogen and oxygen atoms in total. The fraction of sp³-hybridized carbons (Fsp3) is 0.500. The number of nitrogen functional groups attached to an aromatic ring is 1. The smallest absolute Gasteiger partial charge is 0.398 e. The highest BCUT2D eigenvalue weighted by molar-refractivity contribution is 7.99. The highest BCUT2D eigenvalue weighted by atomic mass is 32.2. The molecule has 0 saturated carbocycles. The Balaban J connectivity index is 2.82. The Labute approximate surface area is 104 Å². The van der Waals surface area contributed by atoms with Crippen molar-refractivity contribution in [1.82, 2.24) is 0 Å². The third-order valence-corrected chi connectivity index (χ3v) is 3.88. The third kappa shape index (κ3) is 4.15. The number of hydrogen-bond donors (Lipinski definition) is 1. The minimum Gasteiger partial charge on any atom is -0.398 e. The van der Waals surface area contributed by atoms with Gasteiger partial charge in [-0.2, -0.15) is 13.2 Å². The van der Waals surface area contributed by atoms with E-state index in [1.807, 2.05) is 0 Å². The molecule has 0 fully saturated rings. The zero-order chi connectivity index (χ0) is 13.1. The van der Waals surface area contributed by atoms with Gasteiger partial charge in [-0.15, -0.1) is 11.8 Å². The summed E-state index contributed by atoms with van der Waals surface area (Å²) in [6.45, 7) is 4.14. The van der Waals surface area contributed by atoms with Gasteiger partial charge in [-0.3, -0.25) is 0 Å². The van der Waals surface area contributed by atoms with Crippen molar-refractivity contribution in [1.29, 1.82) is 0 Å². The van der Waals surface area contributed by atoms with E-state index in [4.69, 9.17) is 5.73 Å². The summed E-state index contributed by atoms with van der Waals surface area (Å²) in [6.07, 6.45) is -3.36. The molecule has 0 radical (unpaired) electrons. The van der Waals surface area contributed by atoms with E-state index in [0.717, 1.165) is 18.2 Å². The summed E-state index contributed by atoms with van der Waals surface area (Å²) in [5.41, 5.74) is 4.37. The molecular formula is C12H16F3NS. The van der Waals surface area contributed by atoms with E-state index in [2.05, 4.69) is 13.8 Å². The molecule has 1 unspecified atom stereocenters. The van der Waals surface area contributed by atoms with Gasteiger partial charge in [0.25, 0.3) is 0 Å². The van der Waals surface area contributed by atoms with Gasteiger partial charge >= 0.3 is 6.18 Å². The van der Waals surface area contributed by atoms with Crippen LogP contribution in [0.4, 0.5) is 18.9 Å². The second-order valence-electron chi connectivity index (χ2n) is 4.07. The van der Waals surface area contributed by atoms with Crippen molar-refractivity contribution in [3.05, 3.63) is 23.8 Å². The summed E-state index contributed by atoms with van der Waals surface area (Å²) >= 11 is 1.44. The first-order chi connectivity index (χ1) is 7.84. The molecule has 0 heterocycles. The molecule has 96 valence electrons. The van der Waals surface area contributed by atoms with Crippen molar-refractivity contribution >= 4 is 17.4 Å². The minimum absolute atomic E-state index is 0.217. The largest absolute Gasteiger partial charge is 0.418 e. The molecule has 5 heteroatoms. The highest BCUT2D eigenvalue weighted by Gasteiger charge is 2.33. The average molecular weight is 263 g/mol. The summed E-state index contributed by atoms with van der Waals surface area (Å²) in [6, 6.07) is 4.09. The van der Waals surface area contributed by atoms with Crippen LogP contribution in [0.2, 0.25) is 0 Å². The van der Waals surface area contributed by atoms with Gasteiger partial charge in [-0.25, -0.2) is 0 Å². The maximum Gasteiger partial charge on any atom is 0.418 e. The molecule has 0 amide bonds. The van der Waals surface area contributed by atoms with Gasteiger partial charge in [0.1, 0.15) is 0 Å². The molecule has 0 aliphatic carbocycles. The van der Waals surface area contributed by atoms with Gasteiger partial charge in [-0.1, -0.05) is 20.3 Å². The molecule has 0 aromatic heterocycles. The first-order valence-electron chi connectivity index (χ1n) is 5.44. The molecule has 0 aliphatic heterocycles. The van der Waals surface area contributed by atoms with E-state index >= 15 is 0 Å². The molecule has 1 atom stereocenters. The number of thioether (sulfide) groups is 1. The average Bonchev–Trinajstić information content (AvgIpc) is 2.26. The number of halogens is 3. The Morgan fingerprint density at radius 2 is 2.00 bits per heavy atom. The second kappa shape index (κ2) is 5.67. The molecule has 1 aromatic rings. The molecule has 1 aromatic carbocycles. The van der Waals surface area contributed by atoms with E-state index in [-0.39, 0.29) is 5.69 Å². The number of nitrogens with two attached hydrogens (primary N) is 1. The quantitative estimate of drug-likeness (QED) is 0.642. The van der Waals surface area contributed by atoms with Crippen LogP contribution >= 0.6 is 11.8 Å². The van der Waals surface area contributed by atoms with Crippen LogP contribution < -0.4 is 5.73 Å². The van der Waals surface area contributed by atoms with E-state index in [1.165, 1.54) is 17.8 Å². The fourth-order valence-corrected chi connectivity index (χ4v) is 2.31. The van der Waals surface area contributed by atoms with Gasteiger partial charge in [0.05, 0.1) is 5.56 Å². The predicted octanol–water partition coefficient (Wildman–Crippen LogP) is 4.43. The van der Waals surface area contributed by atoms with Gasteiger partial charge in [0, 0.05) is 16.3 Å². The number of hydrogen-bond acceptors (Lipinski definition) is 2. The van der Waals surface area contributed by atoms with Crippen LogP contribution in [-0.2, 0) is 6.18 Å². The van der Waals surface area contributed by atoms with E-state index in [0.29, 0.717) is 10.8 Å². The third-order valence-electron chi connectivity index (χ3n) is 2.56. The van der Waals surface area contributed by atoms with E-state index in [1.54, 1.807) is 6.07 Å². The zero-order valence-electron chi connectivity index (χ0n) is 9.84. The van der Waals surface area contributed by atoms with Crippen LogP contribution in [0, 0.1) is 5.92 Å². The Hall–Kier alpha value is -0.840. The van der Waals surface area contributed by atoms with E-state index < -0.39 is 11.7 Å². The Morgan fingerprint density at radius 1 is 1.35 bits per heavy atom. The molecule has 0 aliphatic rings. The zero-order valence-corrected chi connectivity index (χ0v) is 10.7. The molecule has 0 spiro atoms. The minimum atomic E-state index is -4.38. The van der Waals surface area contributed by atoms with Crippen LogP contribution in [0.15, 0.2) is 23.1 Å². The lowest BCUT2D eigenvalue weighted by atomic mass is 10.2. The summed E-state index contributed by atoms with van der Waals surface area (Å²) < 4.78 is 37.8. The van der Waals surface area contributed by atoms with Gasteiger partial charge < -0.3 is 5.73 Å². The molecule has 1 rings (SSSR count). The Bertz CT molecular complexity index is 377. The van der Waals surface area contributed by atoms with Crippen LogP contribution in [0.1, 0.15) is 25.8 Å². The van der Waals surface area contributed by atoms with Gasteiger partial charge in [-0.05, 0) is 24.1 Å². The van der Waals surface area contributed by atoms with Gasteiger partial charge in [0.2, 0.25) is 0 Å². The number of anilines is 1. The fourth-order valence-electron chi connectivity index (χ4n) is 1.23. The lowest BCUT2D eigenvalue weighted by molar-refractivity contribution is -0.137. The SMILES string of the molecule is CCC(C)CSc1ccc(N)c(C(F)(F)F)c1. The summed E-state index contributed by atoms with van der Waals surface area (Å²) in [5.74, 6) is 1.31. The van der Waals surface area contributed by atoms with Crippen molar-refractivity contribution in [3.8, 4) is 0 Å². The van der Waals surface area contributed by atoms with Crippen LogP contribution in [0.3, 0.4) is 0 Å². The number of benzene rings is 1. The van der Waals surface area contributed by atoms with Crippen molar-refractivity contribution in [2.45, 2.75) is 31.3 Å². The molecule has 2 N–H and O–H groups in total.